The van der Waals surface area contributed by atoms with Crippen LogP contribution in [0.2, 0.25) is 0 Å². The van der Waals surface area contributed by atoms with Gasteiger partial charge in [0, 0.05) is 6.42 Å². The summed E-state index contributed by atoms with van der Waals surface area (Å²) in [5.41, 5.74) is -0.634. The number of aromatic nitrogens is 2. The molecule has 1 heterocycles. The van der Waals surface area contributed by atoms with E-state index >= 15 is 0 Å². The summed E-state index contributed by atoms with van der Waals surface area (Å²) < 4.78 is 35.5. The Morgan fingerprint density at radius 3 is 2.53 bits per heavy atom. The maximum atomic E-state index is 11.8. The van der Waals surface area contributed by atoms with Crippen LogP contribution in [-0.4, -0.2) is 21.3 Å². The van der Waals surface area contributed by atoms with E-state index in [1.807, 2.05) is 0 Å². The van der Waals surface area contributed by atoms with Crippen LogP contribution in [0, 0.1) is 6.92 Å². The zero-order chi connectivity index (χ0) is 11.6. The fraction of sp³-hybridized carbons (Fsp3) is 0.500. The van der Waals surface area contributed by atoms with Crippen LogP contribution in [-0.2, 0) is 6.42 Å². The number of nitrogens with one attached hydrogen (secondary N) is 1. The number of H-pyrrole nitrogens is 1. The Balaban J connectivity index is 2.84. The number of hydrogen-bond acceptors (Lipinski definition) is 3. The predicted octanol–water partition coefficient (Wildman–Crippen LogP) is 1.28. The number of aromatic hydroxyl groups is 1. The van der Waals surface area contributed by atoms with Gasteiger partial charge < -0.3 is 10.1 Å². The average molecular weight is 222 g/mol. The summed E-state index contributed by atoms with van der Waals surface area (Å²) in [6, 6.07) is 0. The molecule has 0 atom stereocenters. The summed E-state index contributed by atoms with van der Waals surface area (Å²) in [4.78, 5) is 16.6. The molecule has 7 heteroatoms. The molecule has 0 aliphatic heterocycles. The molecule has 84 valence electrons. The first-order chi connectivity index (χ1) is 6.79. The zero-order valence-electron chi connectivity index (χ0n) is 7.85. The maximum Gasteiger partial charge on any atom is 0.389 e. The van der Waals surface area contributed by atoms with Gasteiger partial charge in [-0.2, -0.15) is 13.2 Å². The second kappa shape index (κ2) is 3.92. The number of nitrogens with zero attached hydrogens (tertiary/aromatic N) is 1. The molecule has 0 aliphatic rings. The molecule has 0 fully saturated rings. The fourth-order valence-electron chi connectivity index (χ4n) is 0.945. The highest BCUT2D eigenvalue weighted by Gasteiger charge is 2.27. The van der Waals surface area contributed by atoms with Gasteiger partial charge >= 0.3 is 6.18 Å². The molecule has 0 radical (unpaired) electrons. The molecule has 0 saturated carbocycles. The fourth-order valence-corrected chi connectivity index (χ4v) is 0.945. The normalized spacial score (nSPS) is 11.7. The molecule has 0 bridgehead atoms. The number of halogens is 3. The lowest BCUT2D eigenvalue weighted by molar-refractivity contribution is -0.134. The first-order valence-corrected chi connectivity index (χ1v) is 4.15. The topological polar surface area (TPSA) is 66.0 Å². The van der Waals surface area contributed by atoms with Crippen LogP contribution < -0.4 is 5.56 Å². The Morgan fingerprint density at radius 2 is 2.07 bits per heavy atom. The molecule has 0 aliphatic carbocycles. The molecule has 0 aromatic carbocycles. The van der Waals surface area contributed by atoms with Gasteiger partial charge in [-0.3, -0.25) is 4.79 Å². The van der Waals surface area contributed by atoms with E-state index in [0.29, 0.717) is 0 Å². The SMILES string of the molecule is Cc1c(O)nc(CCC(F)(F)F)[nH]c1=O. The lowest BCUT2D eigenvalue weighted by Gasteiger charge is -2.06. The van der Waals surface area contributed by atoms with E-state index in [9.17, 15) is 18.0 Å². The van der Waals surface area contributed by atoms with Gasteiger partial charge in [-0.25, -0.2) is 4.98 Å². The third kappa shape index (κ3) is 3.26. The summed E-state index contributed by atoms with van der Waals surface area (Å²) in [6.45, 7) is 1.33. The monoisotopic (exact) mass is 222 g/mol. The van der Waals surface area contributed by atoms with Gasteiger partial charge in [-0.15, -0.1) is 0 Å². The second-order valence-electron chi connectivity index (χ2n) is 3.08. The van der Waals surface area contributed by atoms with Crippen molar-refractivity contribution in [3.8, 4) is 5.88 Å². The van der Waals surface area contributed by atoms with Gasteiger partial charge in [0.1, 0.15) is 5.82 Å². The highest BCUT2D eigenvalue weighted by atomic mass is 19.4. The molecule has 1 aromatic heterocycles. The van der Waals surface area contributed by atoms with E-state index in [4.69, 9.17) is 5.11 Å². The van der Waals surface area contributed by atoms with E-state index in [2.05, 4.69) is 9.97 Å². The largest absolute Gasteiger partial charge is 0.493 e. The van der Waals surface area contributed by atoms with Gasteiger partial charge in [0.25, 0.3) is 5.56 Å². The molecule has 15 heavy (non-hydrogen) atoms. The van der Waals surface area contributed by atoms with Crippen molar-refractivity contribution in [1.82, 2.24) is 9.97 Å². The molecule has 0 unspecified atom stereocenters. The summed E-state index contributed by atoms with van der Waals surface area (Å²) in [7, 11) is 0. The number of rotatable bonds is 2. The number of hydrogen-bond donors (Lipinski definition) is 2. The van der Waals surface area contributed by atoms with E-state index in [1.54, 1.807) is 0 Å². The quantitative estimate of drug-likeness (QED) is 0.792. The second-order valence-corrected chi connectivity index (χ2v) is 3.08. The molecule has 4 nitrogen and oxygen atoms in total. The molecular weight excluding hydrogens is 213 g/mol. The number of alkyl halides is 3. The Kier molecular flexibility index (Phi) is 3.01. The van der Waals surface area contributed by atoms with Crippen LogP contribution in [0.3, 0.4) is 0 Å². The van der Waals surface area contributed by atoms with Crippen molar-refractivity contribution in [1.29, 1.82) is 0 Å². The molecule has 1 rings (SSSR count). The summed E-state index contributed by atoms with van der Waals surface area (Å²) >= 11 is 0. The van der Waals surface area contributed by atoms with Crippen molar-refractivity contribution in [3.05, 3.63) is 21.7 Å². The van der Waals surface area contributed by atoms with Crippen LogP contribution in [0.1, 0.15) is 17.8 Å². The van der Waals surface area contributed by atoms with Gasteiger partial charge in [-0.1, -0.05) is 0 Å². The molecule has 0 amide bonds. The molecule has 0 saturated heterocycles. The lowest BCUT2D eigenvalue weighted by Crippen LogP contribution is -2.16. The van der Waals surface area contributed by atoms with Crippen molar-refractivity contribution in [3.63, 3.8) is 0 Å². The summed E-state index contributed by atoms with van der Waals surface area (Å²) in [6.07, 6.45) is -5.84. The van der Waals surface area contributed by atoms with Crippen LogP contribution in [0.4, 0.5) is 13.2 Å². The summed E-state index contributed by atoms with van der Waals surface area (Å²) in [5, 5.41) is 9.10. The summed E-state index contributed by atoms with van der Waals surface area (Å²) in [5.74, 6) is -0.698. The highest BCUT2D eigenvalue weighted by Crippen LogP contribution is 2.21. The standard InChI is InChI=1S/C8H9F3N2O2/c1-4-6(14)12-5(13-7(4)15)2-3-8(9,10)11/h2-3H2,1H3,(H2,12,13,14,15). The van der Waals surface area contributed by atoms with Crippen molar-refractivity contribution in [2.45, 2.75) is 25.9 Å². The zero-order valence-corrected chi connectivity index (χ0v) is 7.85. The van der Waals surface area contributed by atoms with E-state index in [0.717, 1.165) is 0 Å². The Morgan fingerprint density at radius 1 is 1.47 bits per heavy atom. The Labute approximate surface area is 82.8 Å². The number of aromatic amines is 1. The number of aryl methyl sites for hydroxylation is 1. The van der Waals surface area contributed by atoms with Crippen LogP contribution in [0.25, 0.3) is 0 Å². The third-order valence-corrected chi connectivity index (χ3v) is 1.82. The van der Waals surface area contributed by atoms with Crippen LogP contribution in [0.5, 0.6) is 5.88 Å². The Hall–Kier alpha value is -1.53. The molecule has 2 N–H and O–H groups in total. The van der Waals surface area contributed by atoms with Crippen molar-refractivity contribution in [2.75, 3.05) is 0 Å². The molecule has 1 aromatic rings. The first-order valence-electron chi connectivity index (χ1n) is 4.15. The minimum atomic E-state index is -4.31. The van der Waals surface area contributed by atoms with Crippen molar-refractivity contribution < 1.29 is 18.3 Å². The third-order valence-electron chi connectivity index (χ3n) is 1.82. The minimum absolute atomic E-state index is 0.00856. The van der Waals surface area contributed by atoms with E-state index in [-0.39, 0.29) is 11.4 Å². The molecule has 0 spiro atoms. The molecular formula is C8H9F3N2O2. The minimum Gasteiger partial charge on any atom is -0.493 e. The van der Waals surface area contributed by atoms with Crippen molar-refractivity contribution in [2.24, 2.45) is 0 Å². The van der Waals surface area contributed by atoms with Crippen LogP contribution in [0.15, 0.2) is 4.79 Å². The average Bonchev–Trinajstić information content (AvgIpc) is 2.09. The lowest BCUT2D eigenvalue weighted by atomic mass is 10.2. The smallest absolute Gasteiger partial charge is 0.389 e. The van der Waals surface area contributed by atoms with Crippen LogP contribution >= 0.6 is 0 Å². The van der Waals surface area contributed by atoms with Gasteiger partial charge in [-0.05, 0) is 6.92 Å². The van der Waals surface area contributed by atoms with Gasteiger partial charge in [0.05, 0.1) is 12.0 Å². The Bertz CT molecular complexity index is 411. The van der Waals surface area contributed by atoms with E-state index < -0.39 is 30.5 Å². The van der Waals surface area contributed by atoms with Gasteiger partial charge in [0.15, 0.2) is 0 Å². The highest BCUT2D eigenvalue weighted by molar-refractivity contribution is 5.20. The first kappa shape index (κ1) is 11.5. The predicted molar refractivity (Wildman–Crippen MR) is 45.6 cm³/mol. The van der Waals surface area contributed by atoms with Crippen molar-refractivity contribution >= 4 is 0 Å². The van der Waals surface area contributed by atoms with Gasteiger partial charge in [0.2, 0.25) is 5.88 Å². The maximum absolute atomic E-state index is 11.8. The van der Waals surface area contributed by atoms with E-state index in [1.165, 1.54) is 6.92 Å².